The molecule has 0 saturated heterocycles. The van der Waals surface area contributed by atoms with Crippen LogP contribution in [0.5, 0.6) is 11.5 Å². The molecule has 1 unspecified atom stereocenters. The van der Waals surface area contributed by atoms with E-state index in [-0.39, 0.29) is 12.3 Å². The molecule has 0 aliphatic carbocycles. The average molecular weight is 407 g/mol. The van der Waals surface area contributed by atoms with E-state index in [2.05, 4.69) is 5.32 Å². The van der Waals surface area contributed by atoms with Gasteiger partial charge in [0.15, 0.2) is 17.6 Å². The molecule has 3 aromatic rings. The first-order valence-corrected chi connectivity index (χ1v) is 9.70. The molecule has 0 spiro atoms. The Bertz CT molecular complexity index is 1050. The summed E-state index contributed by atoms with van der Waals surface area (Å²) in [6, 6.07) is 19.0. The van der Waals surface area contributed by atoms with E-state index in [1.807, 2.05) is 54.6 Å². The summed E-state index contributed by atoms with van der Waals surface area (Å²) in [6.45, 7) is 1.56. The Kier molecular flexibility index (Phi) is 6.91. The highest BCUT2D eigenvalue weighted by molar-refractivity contribution is 5.97. The fraction of sp³-hybridized carbons (Fsp3) is 0.250. The monoisotopic (exact) mass is 407 g/mol. The van der Waals surface area contributed by atoms with Gasteiger partial charge in [-0.2, -0.15) is 0 Å². The van der Waals surface area contributed by atoms with Crippen molar-refractivity contribution < 1.29 is 23.8 Å². The van der Waals surface area contributed by atoms with Gasteiger partial charge in [0.1, 0.15) is 0 Å². The Morgan fingerprint density at radius 1 is 0.900 bits per heavy atom. The normalized spacial score (nSPS) is 11.6. The van der Waals surface area contributed by atoms with Crippen LogP contribution in [0.1, 0.15) is 18.9 Å². The number of carbonyl (C=O) groups is 2. The fourth-order valence-corrected chi connectivity index (χ4v) is 3.10. The third-order valence-electron chi connectivity index (χ3n) is 4.76. The molecular weight excluding hydrogens is 382 g/mol. The maximum atomic E-state index is 12.4. The number of fused-ring (bicyclic) bond motifs is 1. The molecule has 156 valence electrons. The van der Waals surface area contributed by atoms with Gasteiger partial charge in [0.25, 0.3) is 5.91 Å². The van der Waals surface area contributed by atoms with E-state index in [1.165, 1.54) is 0 Å². The second-order valence-electron chi connectivity index (χ2n) is 6.87. The summed E-state index contributed by atoms with van der Waals surface area (Å²) in [4.78, 5) is 24.6. The molecule has 1 atom stereocenters. The molecular formula is C24H25NO5. The van der Waals surface area contributed by atoms with Gasteiger partial charge in [-0.3, -0.25) is 9.59 Å². The number of hydrogen-bond donors (Lipinski definition) is 1. The van der Waals surface area contributed by atoms with E-state index in [4.69, 9.17) is 14.2 Å². The Labute approximate surface area is 175 Å². The second kappa shape index (κ2) is 9.78. The zero-order valence-electron chi connectivity index (χ0n) is 17.3. The van der Waals surface area contributed by atoms with Crippen LogP contribution in [0.4, 0.5) is 5.69 Å². The van der Waals surface area contributed by atoms with Crippen molar-refractivity contribution >= 4 is 28.3 Å². The van der Waals surface area contributed by atoms with Gasteiger partial charge in [-0.1, -0.05) is 36.4 Å². The van der Waals surface area contributed by atoms with Crippen LogP contribution in [0.15, 0.2) is 60.7 Å². The smallest absolute Gasteiger partial charge is 0.306 e. The summed E-state index contributed by atoms with van der Waals surface area (Å²) in [7, 11) is 3.13. The Morgan fingerprint density at radius 2 is 1.63 bits per heavy atom. The molecule has 6 nitrogen and oxygen atoms in total. The number of amides is 1. The van der Waals surface area contributed by atoms with Crippen LogP contribution in [0, 0.1) is 0 Å². The maximum absolute atomic E-state index is 12.4. The minimum absolute atomic E-state index is 0.156. The lowest BCUT2D eigenvalue weighted by Crippen LogP contribution is -2.30. The molecule has 0 bridgehead atoms. The van der Waals surface area contributed by atoms with Gasteiger partial charge in [0.05, 0.1) is 14.2 Å². The molecule has 3 rings (SSSR count). The molecule has 1 amide bonds. The molecule has 1 N–H and O–H groups in total. The topological polar surface area (TPSA) is 73.9 Å². The van der Waals surface area contributed by atoms with Crippen molar-refractivity contribution in [2.75, 3.05) is 19.5 Å². The number of anilines is 1. The lowest BCUT2D eigenvalue weighted by Gasteiger charge is -2.14. The average Bonchev–Trinajstić information content (AvgIpc) is 2.77. The van der Waals surface area contributed by atoms with Gasteiger partial charge in [0, 0.05) is 12.1 Å². The predicted molar refractivity (Wildman–Crippen MR) is 116 cm³/mol. The molecule has 30 heavy (non-hydrogen) atoms. The summed E-state index contributed by atoms with van der Waals surface area (Å²) >= 11 is 0. The third kappa shape index (κ3) is 5.29. The Hall–Kier alpha value is -3.54. The van der Waals surface area contributed by atoms with Crippen molar-refractivity contribution in [2.45, 2.75) is 25.9 Å². The second-order valence-corrected chi connectivity index (χ2v) is 6.87. The van der Waals surface area contributed by atoms with Gasteiger partial charge in [-0.25, -0.2) is 0 Å². The Morgan fingerprint density at radius 3 is 2.37 bits per heavy atom. The first kappa shape index (κ1) is 21.2. The molecule has 6 heteroatoms. The number of rotatable bonds is 8. The standard InChI is InChI=1S/C24H25NO5/c1-16(24(27)25-20-11-10-18-6-4-5-7-19(18)15-20)30-23(26)13-9-17-8-12-21(28-2)22(14-17)29-3/h4-8,10-12,14-16H,9,13H2,1-3H3,(H,25,27). The van der Waals surface area contributed by atoms with Gasteiger partial charge in [0.2, 0.25) is 0 Å². The van der Waals surface area contributed by atoms with Crippen LogP contribution in [-0.2, 0) is 20.7 Å². The molecule has 0 aliphatic heterocycles. The highest BCUT2D eigenvalue weighted by atomic mass is 16.5. The van der Waals surface area contributed by atoms with Crippen molar-refractivity contribution in [1.29, 1.82) is 0 Å². The van der Waals surface area contributed by atoms with Crippen LogP contribution < -0.4 is 14.8 Å². The number of ether oxygens (including phenoxy) is 3. The number of esters is 1. The van der Waals surface area contributed by atoms with Crippen LogP contribution in [0.3, 0.4) is 0 Å². The maximum Gasteiger partial charge on any atom is 0.306 e. The van der Waals surface area contributed by atoms with Crippen LogP contribution in [0.2, 0.25) is 0 Å². The first-order chi connectivity index (χ1) is 14.5. The van der Waals surface area contributed by atoms with Crippen molar-refractivity contribution in [3.63, 3.8) is 0 Å². The lowest BCUT2D eigenvalue weighted by molar-refractivity contribution is -0.153. The molecule has 3 aromatic carbocycles. The quantitative estimate of drug-likeness (QED) is 0.562. The van der Waals surface area contributed by atoms with Crippen LogP contribution >= 0.6 is 0 Å². The third-order valence-corrected chi connectivity index (χ3v) is 4.76. The molecule has 0 heterocycles. The summed E-state index contributed by atoms with van der Waals surface area (Å²) < 4.78 is 15.8. The zero-order chi connectivity index (χ0) is 21.5. The van der Waals surface area contributed by atoms with E-state index in [9.17, 15) is 9.59 Å². The molecule has 0 aliphatic rings. The highest BCUT2D eigenvalue weighted by Crippen LogP contribution is 2.28. The van der Waals surface area contributed by atoms with Gasteiger partial charge in [-0.05, 0) is 53.9 Å². The SMILES string of the molecule is COc1ccc(CCC(=O)OC(C)C(=O)Nc2ccc3ccccc3c2)cc1OC. The lowest BCUT2D eigenvalue weighted by atomic mass is 10.1. The van der Waals surface area contributed by atoms with Gasteiger partial charge in [-0.15, -0.1) is 0 Å². The van der Waals surface area contributed by atoms with Gasteiger partial charge < -0.3 is 19.5 Å². The number of methoxy groups -OCH3 is 2. The largest absolute Gasteiger partial charge is 0.493 e. The van der Waals surface area contributed by atoms with Crippen molar-refractivity contribution in [1.82, 2.24) is 0 Å². The van der Waals surface area contributed by atoms with Crippen LogP contribution in [-0.4, -0.2) is 32.2 Å². The van der Waals surface area contributed by atoms with Crippen molar-refractivity contribution in [3.8, 4) is 11.5 Å². The van der Waals surface area contributed by atoms with Gasteiger partial charge >= 0.3 is 5.97 Å². The minimum atomic E-state index is -0.894. The van der Waals surface area contributed by atoms with E-state index in [0.717, 1.165) is 16.3 Å². The number of hydrogen-bond acceptors (Lipinski definition) is 5. The highest BCUT2D eigenvalue weighted by Gasteiger charge is 2.18. The first-order valence-electron chi connectivity index (χ1n) is 9.70. The number of aryl methyl sites for hydroxylation is 1. The Balaban J connectivity index is 1.52. The van der Waals surface area contributed by atoms with E-state index >= 15 is 0 Å². The summed E-state index contributed by atoms with van der Waals surface area (Å²) in [5.74, 6) is 0.421. The fourth-order valence-electron chi connectivity index (χ4n) is 3.10. The summed E-state index contributed by atoms with van der Waals surface area (Å²) in [5, 5.41) is 4.91. The summed E-state index contributed by atoms with van der Waals surface area (Å²) in [5.41, 5.74) is 1.57. The predicted octanol–water partition coefficient (Wildman–Crippen LogP) is 4.36. The number of benzene rings is 3. The number of nitrogens with one attached hydrogen (secondary N) is 1. The van der Waals surface area contributed by atoms with E-state index in [1.54, 1.807) is 27.2 Å². The molecule has 0 aromatic heterocycles. The van der Waals surface area contributed by atoms with E-state index < -0.39 is 12.1 Å². The minimum Gasteiger partial charge on any atom is -0.493 e. The zero-order valence-corrected chi connectivity index (χ0v) is 17.3. The molecule has 0 fully saturated rings. The van der Waals surface area contributed by atoms with Crippen molar-refractivity contribution in [2.24, 2.45) is 0 Å². The van der Waals surface area contributed by atoms with E-state index in [0.29, 0.717) is 23.6 Å². The molecule has 0 radical (unpaired) electrons. The molecule has 0 saturated carbocycles. The number of carbonyl (C=O) groups excluding carboxylic acids is 2. The van der Waals surface area contributed by atoms with Crippen molar-refractivity contribution in [3.05, 3.63) is 66.2 Å². The summed E-state index contributed by atoms with van der Waals surface area (Å²) in [6.07, 6.45) is -0.268. The van der Waals surface area contributed by atoms with Crippen LogP contribution in [0.25, 0.3) is 10.8 Å².